The van der Waals surface area contributed by atoms with Gasteiger partial charge in [-0.1, -0.05) is 35.9 Å². The Kier molecular flexibility index (Phi) is 6.79. The second kappa shape index (κ2) is 10.0. The minimum atomic E-state index is -0.573. The van der Waals surface area contributed by atoms with Crippen molar-refractivity contribution in [3.63, 3.8) is 0 Å². The first-order valence-electron chi connectivity index (χ1n) is 12.4. The molecule has 5 rings (SSSR count). The van der Waals surface area contributed by atoms with E-state index in [2.05, 4.69) is 0 Å². The number of nitrogens with zero attached hydrogens (tertiary/aromatic N) is 2. The summed E-state index contributed by atoms with van der Waals surface area (Å²) in [6.07, 6.45) is 2.35. The average Bonchev–Trinajstić information content (AvgIpc) is 3.31. The number of fused-ring (bicyclic) bond motifs is 1. The highest BCUT2D eigenvalue weighted by Crippen LogP contribution is 2.46. The Morgan fingerprint density at radius 1 is 0.784 bits per heavy atom. The van der Waals surface area contributed by atoms with Gasteiger partial charge in [0.2, 0.25) is 23.6 Å². The smallest absolute Gasteiger partial charge is 0.241 e. The standard InChI is InChI=1S/C29H30N2O6/c1-17-10-20(23-14-25(32)30(27(23)33)21-8-4-6-18(11-21)15-36-2)13-24-26(17)29(35)31(28(24)34)22-9-5-7-19(12-22)16-37-3/h4-12,20,23-24,26H,13-16H2,1-3H3/t20-,23-,24-,26-/m1/s1. The molecule has 0 spiro atoms. The maximum atomic E-state index is 13.5. The van der Waals surface area contributed by atoms with E-state index in [0.717, 1.165) is 16.7 Å². The Morgan fingerprint density at radius 2 is 1.35 bits per heavy atom. The molecule has 8 nitrogen and oxygen atoms in total. The van der Waals surface area contributed by atoms with Crippen LogP contribution in [-0.4, -0.2) is 37.8 Å². The van der Waals surface area contributed by atoms with E-state index in [-0.39, 0.29) is 36.0 Å². The highest BCUT2D eigenvalue weighted by atomic mass is 16.5. The molecule has 4 amide bonds. The number of carbonyl (C=O) groups excluding carboxylic acids is 4. The molecule has 37 heavy (non-hydrogen) atoms. The van der Waals surface area contributed by atoms with Gasteiger partial charge in [0.05, 0.1) is 42.3 Å². The molecule has 2 aromatic rings. The molecule has 8 heteroatoms. The lowest BCUT2D eigenvalue weighted by Crippen LogP contribution is -2.35. The van der Waals surface area contributed by atoms with Crippen molar-refractivity contribution in [2.45, 2.75) is 33.0 Å². The Hall–Kier alpha value is -3.62. The van der Waals surface area contributed by atoms with Crippen molar-refractivity contribution in [3.05, 3.63) is 71.3 Å². The van der Waals surface area contributed by atoms with Gasteiger partial charge in [-0.15, -0.1) is 0 Å². The Morgan fingerprint density at radius 3 is 1.95 bits per heavy atom. The topological polar surface area (TPSA) is 93.2 Å². The van der Waals surface area contributed by atoms with E-state index in [0.29, 0.717) is 31.0 Å². The lowest BCUT2D eigenvalue weighted by molar-refractivity contribution is -0.125. The largest absolute Gasteiger partial charge is 0.380 e. The van der Waals surface area contributed by atoms with Gasteiger partial charge in [-0.25, -0.2) is 4.90 Å². The molecule has 2 heterocycles. The molecule has 2 aromatic carbocycles. The van der Waals surface area contributed by atoms with E-state index >= 15 is 0 Å². The van der Waals surface area contributed by atoms with Gasteiger partial charge in [-0.2, -0.15) is 0 Å². The second-order valence-electron chi connectivity index (χ2n) is 9.99. The molecule has 2 aliphatic heterocycles. The molecule has 3 aliphatic rings. The summed E-state index contributed by atoms with van der Waals surface area (Å²) in [4.78, 5) is 55.9. The molecule has 0 radical (unpaired) electrons. The first kappa shape index (κ1) is 25.0. The fraction of sp³-hybridized carbons (Fsp3) is 0.379. The molecule has 0 aromatic heterocycles. The first-order valence-corrected chi connectivity index (χ1v) is 12.4. The van der Waals surface area contributed by atoms with Crippen LogP contribution in [0.2, 0.25) is 0 Å². The minimum absolute atomic E-state index is 0.0735. The Balaban J connectivity index is 1.39. The van der Waals surface area contributed by atoms with Gasteiger partial charge < -0.3 is 9.47 Å². The SMILES string of the molecule is COCc1cccc(N2C(=O)[C@@H]3C(C)=C[C@@H]([C@H]4CC(=O)N(c5cccc(COC)c5)C4=O)C[C@H]3C2=O)c1. The molecule has 4 atom stereocenters. The van der Waals surface area contributed by atoms with Crippen LogP contribution in [0.25, 0.3) is 0 Å². The molecule has 2 fully saturated rings. The predicted octanol–water partition coefficient (Wildman–Crippen LogP) is 3.63. The monoisotopic (exact) mass is 502 g/mol. The number of anilines is 2. The molecule has 2 saturated heterocycles. The highest BCUT2D eigenvalue weighted by Gasteiger charge is 2.54. The summed E-state index contributed by atoms with van der Waals surface area (Å²) in [6.45, 7) is 2.59. The maximum absolute atomic E-state index is 13.5. The number of allylic oxidation sites excluding steroid dienone is 1. The summed E-state index contributed by atoms with van der Waals surface area (Å²) in [5.41, 5.74) is 3.56. The zero-order chi connectivity index (χ0) is 26.3. The summed E-state index contributed by atoms with van der Waals surface area (Å²) in [5, 5.41) is 0. The third kappa shape index (κ3) is 4.40. The zero-order valence-corrected chi connectivity index (χ0v) is 21.2. The molecular weight excluding hydrogens is 472 g/mol. The van der Waals surface area contributed by atoms with Crippen molar-refractivity contribution in [3.8, 4) is 0 Å². The fourth-order valence-corrected chi connectivity index (χ4v) is 5.98. The first-order chi connectivity index (χ1) is 17.8. The van der Waals surface area contributed by atoms with Gasteiger partial charge in [0, 0.05) is 20.6 Å². The van der Waals surface area contributed by atoms with Crippen LogP contribution in [0.4, 0.5) is 11.4 Å². The molecule has 0 unspecified atom stereocenters. The predicted molar refractivity (Wildman–Crippen MR) is 136 cm³/mol. The molecule has 1 aliphatic carbocycles. The van der Waals surface area contributed by atoms with Crippen LogP contribution in [-0.2, 0) is 41.9 Å². The summed E-state index contributed by atoms with van der Waals surface area (Å²) in [5.74, 6) is -3.03. The van der Waals surface area contributed by atoms with Crippen LogP contribution in [0.5, 0.6) is 0 Å². The van der Waals surface area contributed by atoms with E-state index in [1.165, 1.54) is 9.80 Å². The number of imide groups is 2. The van der Waals surface area contributed by atoms with Crippen LogP contribution in [0.15, 0.2) is 60.2 Å². The van der Waals surface area contributed by atoms with Crippen LogP contribution in [0.3, 0.4) is 0 Å². The highest BCUT2D eigenvalue weighted by molar-refractivity contribution is 6.23. The number of methoxy groups -OCH3 is 2. The lowest BCUT2D eigenvalue weighted by Gasteiger charge is -2.29. The van der Waals surface area contributed by atoms with E-state index in [9.17, 15) is 19.2 Å². The van der Waals surface area contributed by atoms with Gasteiger partial charge in [0.1, 0.15) is 0 Å². The van der Waals surface area contributed by atoms with Crippen LogP contribution in [0, 0.1) is 23.7 Å². The second-order valence-corrected chi connectivity index (χ2v) is 9.99. The van der Waals surface area contributed by atoms with Crippen LogP contribution >= 0.6 is 0 Å². The normalized spacial score (nSPS) is 25.6. The molecule has 0 bridgehead atoms. The fourth-order valence-electron chi connectivity index (χ4n) is 5.98. The Bertz CT molecular complexity index is 1300. The van der Waals surface area contributed by atoms with Crippen molar-refractivity contribution in [1.29, 1.82) is 0 Å². The molecular formula is C29H30N2O6. The van der Waals surface area contributed by atoms with E-state index in [4.69, 9.17) is 9.47 Å². The zero-order valence-electron chi connectivity index (χ0n) is 21.2. The number of carbonyl (C=O) groups is 4. The summed E-state index contributed by atoms with van der Waals surface area (Å²) >= 11 is 0. The summed E-state index contributed by atoms with van der Waals surface area (Å²) in [7, 11) is 3.18. The van der Waals surface area contributed by atoms with Crippen molar-refractivity contribution in [2.24, 2.45) is 23.7 Å². The third-order valence-electron chi connectivity index (χ3n) is 7.58. The number of benzene rings is 2. The lowest BCUT2D eigenvalue weighted by atomic mass is 9.71. The quantitative estimate of drug-likeness (QED) is 0.424. The molecule has 192 valence electrons. The van der Waals surface area contributed by atoms with Gasteiger partial charge in [0.15, 0.2) is 0 Å². The third-order valence-corrected chi connectivity index (χ3v) is 7.58. The summed E-state index contributed by atoms with van der Waals surface area (Å²) in [6, 6.07) is 14.4. The molecule has 0 saturated carbocycles. The average molecular weight is 503 g/mol. The van der Waals surface area contributed by atoms with E-state index in [1.807, 2.05) is 25.1 Å². The number of ether oxygens (including phenoxy) is 2. The van der Waals surface area contributed by atoms with Gasteiger partial charge in [0.25, 0.3) is 0 Å². The van der Waals surface area contributed by atoms with Gasteiger partial charge >= 0.3 is 0 Å². The van der Waals surface area contributed by atoms with Gasteiger partial charge in [-0.3, -0.25) is 24.1 Å². The van der Waals surface area contributed by atoms with Crippen LogP contribution in [0.1, 0.15) is 30.9 Å². The van der Waals surface area contributed by atoms with E-state index < -0.39 is 17.8 Å². The number of hydrogen-bond acceptors (Lipinski definition) is 6. The minimum Gasteiger partial charge on any atom is -0.380 e. The van der Waals surface area contributed by atoms with E-state index in [1.54, 1.807) is 50.6 Å². The van der Waals surface area contributed by atoms with Crippen molar-refractivity contribution in [1.82, 2.24) is 0 Å². The van der Waals surface area contributed by atoms with Crippen molar-refractivity contribution in [2.75, 3.05) is 24.0 Å². The van der Waals surface area contributed by atoms with Crippen LogP contribution < -0.4 is 9.80 Å². The summed E-state index contributed by atoms with van der Waals surface area (Å²) < 4.78 is 10.4. The molecule has 0 N–H and O–H groups in total. The maximum Gasteiger partial charge on any atom is 0.241 e. The van der Waals surface area contributed by atoms with Crippen molar-refractivity contribution >= 4 is 35.0 Å². The van der Waals surface area contributed by atoms with Crippen molar-refractivity contribution < 1.29 is 28.7 Å². The number of rotatable bonds is 7. The Labute approximate surface area is 215 Å². The van der Waals surface area contributed by atoms with Gasteiger partial charge in [-0.05, 0) is 54.7 Å². The number of hydrogen-bond donors (Lipinski definition) is 0. The number of amides is 4.